The molecular weight excluding hydrogens is 294 g/mol. The van der Waals surface area contributed by atoms with Gasteiger partial charge in [-0.1, -0.05) is 13.0 Å². The molecule has 118 valence electrons. The molecule has 0 aliphatic rings. The van der Waals surface area contributed by atoms with Crippen molar-refractivity contribution in [1.29, 1.82) is 0 Å². The quantitative estimate of drug-likeness (QED) is 0.726. The number of benzene rings is 1. The van der Waals surface area contributed by atoms with Crippen molar-refractivity contribution in [3.8, 4) is 0 Å². The summed E-state index contributed by atoms with van der Waals surface area (Å²) in [5, 5.41) is 17.5. The number of aryl methyl sites for hydroxylation is 1. The largest absolute Gasteiger partial charge is 0.478 e. The van der Waals surface area contributed by atoms with Crippen LogP contribution in [0.15, 0.2) is 36.8 Å². The first-order valence-electron chi connectivity index (χ1n) is 7.41. The predicted octanol–water partition coefficient (Wildman–Crippen LogP) is 2.55. The number of hydrogen-bond donors (Lipinski definition) is 2. The molecule has 3 rings (SSSR count). The van der Waals surface area contributed by atoms with E-state index >= 15 is 0 Å². The van der Waals surface area contributed by atoms with Crippen molar-refractivity contribution in [3.63, 3.8) is 0 Å². The van der Waals surface area contributed by atoms with Crippen LogP contribution in [-0.4, -0.2) is 30.8 Å². The van der Waals surface area contributed by atoms with Crippen molar-refractivity contribution >= 4 is 22.6 Å². The fourth-order valence-corrected chi connectivity index (χ4v) is 2.45. The first-order chi connectivity index (χ1) is 11.2. The minimum atomic E-state index is -0.965. The number of hydrogen-bond acceptors (Lipinski definition) is 5. The highest BCUT2D eigenvalue weighted by Crippen LogP contribution is 2.24. The summed E-state index contributed by atoms with van der Waals surface area (Å²) >= 11 is 0. The first-order valence-corrected chi connectivity index (χ1v) is 7.41. The molecule has 23 heavy (non-hydrogen) atoms. The van der Waals surface area contributed by atoms with Crippen molar-refractivity contribution in [2.45, 2.75) is 26.4 Å². The van der Waals surface area contributed by atoms with Gasteiger partial charge in [-0.3, -0.25) is 4.98 Å². The molecule has 2 N–H and O–H groups in total. The standard InChI is InChI=1S/C16H17N5O2/c1-2-6-21-14(19-10-20-21)9-18-13-8-12(16(22)23)7-11-4-3-5-17-15(11)13/h3-5,7-8,10,18H,2,6,9H2,1H3,(H,22,23). The summed E-state index contributed by atoms with van der Waals surface area (Å²) in [4.78, 5) is 19.9. The van der Waals surface area contributed by atoms with Gasteiger partial charge in [0.15, 0.2) is 0 Å². The summed E-state index contributed by atoms with van der Waals surface area (Å²) in [7, 11) is 0. The Morgan fingerprint density at radius 2 is 2.22 bits per heavy atom. The van der Waals surface area contributed by atoms with Gasteiger partial charge in [0.1, 0.15) is 12.2 Å². The summed E-state index contributed by atoms with van der Waals surface area (Å²) in [6.07, 6.45) is 4.18. The molecule has 0 unspecified atom stereocenters. The average molecular weight is 311 g/mol. The van der Waals surface area contributed by atoms with E-state index < -0.39 is 5.97 Å². The van der Waals surface area contributed by atoms with Crippen LogP contribution in [0.4, 0.5) is 5.69 Å². The lowest BCUT2D eigenvalue weighted by atomic mass is 10.1. The molecule has 3 aromatic rings. The Bertz CT molecular complexity index is 843. The SMILES string of the molecule is CCCn1ncnc1CNc1cc(C(=O)O)cc2cccnc12. The summed E-state index contributed by atoms with van der Waals surface area (Å²) < 4.78 is 1.84. The van der Waals surface area contributed by atoms with Crippen LogP contribution in [0.1, 0.15) is 29.5 Å². The topological polar surface area (TPSA) is 92.9 Å². The lowest BCUT2D eigenvalue weighted by molar-refractivity contribution is 0.0697. The van der Waals surface area contributed by atoms with Gasteiger partial charge in [0.05, 0.1) is 23.3 Å². The third kappa shape index (κ3) is 3.13. The molecule has 7 heteroatoms. The first kappa shape index (κ1) is 15.0. The lowest BCUT2D eigenvalue weighted by Crippen LogP contribution is -2.11. The third-order valence-corrected chi connectivity index (χ3v) is 3.52. The van der Waals surface area contributed by atoms with E-state index in [1.165, 1.54) is 6.33 Å². The van der Waals surface area contributed by atoms with Crippen LogP contribution >= 0.6 is 0 Å². The Morgan fingerprint density at radius 1 is 1.35 bits per heavy atom. The number of aromatic carboxylic acids is 1. The van der Waals surface area contributed by atoms with E-state index in [9.17, 15) is 9.90 Å². The number of carboxylic acid groups (broad SMARTS) is 1. The van der Waals surface area contributed by atoms with Gasteiger partial charge in [-0.15, -0.1) is 0 Å². The van der Waals surface area contributed by atoms with Crippen molar-refractivity contribution < 1.29 is 9.90 Å². The van der Waals surface area contributed by atoms with Gasteiger partial charge in [0.25, 0.3) is 0 Å². The molecule has 7 nitrogen and oxygen atoms in total. The highest BCUT2D eigenvalue weighted by atomic mass is 16.4. The molecule has 0 atom stereocenters. The number of aromatic nitrogens is 4. The Morgan fingerprint density at radius 3 is 3.00 bits per heavy atom. The van der Waals surface area contributed by atoms with Gasteiger partial charge in [-0.2, -0.15) is 5.10 Å². The number of nitrogens with one attached hydrogen (secondary N) is 1. The highest BCUT2D eigenvalue weighted by molar-refractivity contribution is 5.99. The molecule has 0 amide bonds. The van der Waals surface area contributed by atoms with Gasteiger partial charge >= 0.3 is 5.97 Å². The lowest BCUT2D eigenvalue weighted by Gasteiger charge is -2.11. The van der Waals surface area contributed by atoms with E-state index in [4.69, 9.17) is 0 Å². The maximum atomic E-state index is 11.3. The summed E-state index contributed by atoms with van der Waals surface area (Å²) in [6.45, 7) is 3.33. The molecule has 0 saturated heterocycles. The van der Waals surface area contributed by atoms with E-state index in [-0.39, 0.29) is 5.56 Å². The zero-order valence-electron chi connectivity index (χ0n) is 12.7. The van der Waals surface area contributed by atoms with E-state index in [2.05, 4.69) is 27.3 Å². The Labute approximate surface area is 133 Å². The van der Waals surface area contributed by atoms with Crippen molar-refractivity contribution in [2.75, 3.05) is 5.32 Å². The van der Waals surface area contributed by atoms with Gasteiger partial charge in [-0.25, -0.2) is 14.5 Å². The molecule has 2 aromatic heterocycles. The maximum absolute atomic E-state index is 11.3. The fourth-order valence-electron chi connectivity index (χ4n) is 2.45. The van der Waals surface area contributed by atoms with Crippen LogP contribution in [0, 0.1) is 0 Å². The predicted molar refractivity (Wildman–Crippen MR) is 86.3 cm³/mol. The number of carboxylic acids is 1. The van der Waals surface area contributed by atoms with E-state index in [0.29, 0.717) is 12.2 Å². The summed E-state index contributed by atoms with van der Waals surface area (Å²) in [5.41, 5.74) is 1.63. The van der Waals surface area contributed by atoms with Crippen molar-refractivity contribution in [1.82, 2.24) is 19.7 Å². The summed E-state index contributed by atoms with van der Waals surface area (Å²) in [6, 6.07) is 6.85. The molecular formula is C16H17N5O2. The van der Waals surface area contributed by atoms with Gasteiger partial charge in [-0.05, 0) is 24.6 Å². The Balaban J connectivity index is 1.92. The van der Waals surface area contributed by atoms with Crippen molar-refractivity contribution in [2.24, 2.45) is 0 Å². The van der Waals surface area contributed by atoms with Gasteiger partial charge in [0, 0.05) is 18.1 Å². The van der Waals surface area contributed by atoms with E-state index in [1.807, 2.05) is 10.7 Å². The second kappa shape index (κ2) is 6.43. The second-order valence-electron chi connectivity index (χ2n) is 5.16. The minimum absolute atomic E-state index is 0.225. The Hall–Kier alpha value is -2.96. The number of rotatable bonds is 6. The van der Waals surface area contributed by atoms with Gasteiger partial charge in [0.2, 0.25) is 0 Å². The van der Waals surface area contributed by atoms with Gasteiger partial charge < -0.3 is 10.4 Å². The van der Waals surface area contributed by atoms with Crippen LogP contribution in [0.25, 0.3) is 10.9 Å². The highest BCUT2D eigenvalue weighted by Gasteiger charge is 2.11. The zero-order valence-corrected chi connectivity index (χ0v) is 12.7. The molecule has 0 spiro atoms. The molecule has 0 aliphatic heterocycles. The van der Waals surface area contributed by atoms with E-state index in [1.54, 1.807) is 24.4 Å². The second-order valence-corrected chi connectivity index (χ2v) is 5.16. The van der Waals surface area contributed by atoms with Crippen LogP contribution in [0.5, 0.6) is 0 Å². The number of carbonyl (C=O) groups is 1. The van der Waals surface area contributed by atoms with Crippen molar-refractivity contribution in [3.05, 3.63) is 48.2 Å². The summed E-state index contributed by atoms with van der Waals surface area (Å²) in [5.74, 6) is -0.162. The number of fused-ring (bicyclic) bond motifs is 1. The number of pyridine rings is 1. The van der Waals surface area contributed by atoms with E-state index in [0.717, 1.165) is 29.7 Å². The molecule has 0 radical (unpaired) electrons. The average Bonchev–Trinajstić information content (AvgIpc) is 3.00. The fraction of sp³-hybridized carbons (Fsp3) is 0.250. The molecule has 0 bridgehead atoms. The molecule has 0 aliphatic carbocycles. The number of nitrogens with zero attached hydrogens (tertiary/aromatic N) is 4. The zero-order chi connectivity index (χ0) is 16.2. The molecule has 0 fully saturated rings. The van der Waals surface area contributed by atoms with Crippen LogP contribution in [0.2, 0.25) is 0 Å². The molecule has 0 saturated carbocycles. The van der Waals surface area contributed by atoms with Crippen LogP contribution in [-0.2, 0) is 13.1 Å². The smallest absolute Gasteiger partial charge is 0.335 e. The molecule has 1 aromatic carbocycles. The normalized spacial score (nSPS) is 10.8. The van der Waals surface area contributed by atoms with Crippen LogP contribution in [0.3, 0.4) is 0 Å². The van der Waals surface area contributed by atoms with Crippen LogP contribution < -0.4 is 5.32 Å². The Kier molecular flexibility index (Phi) is 4.18. The monoisotopic (exact) mass is 311 g/mol. The molecule has 2 heterocycles. The maximum Gasteiger partial charge on any atom is 0.335 e. The minimum Gasteiger partial charge on any atom is -0.478 e. The third-order valence-electron chi connectivity index (χ3n) is 3.52. The number of anilines is 1.